The summed E-state index contributed by atoms with van der Waals surface area (Å²) in [5.41, 5.74) is 0. The van der Waals surface area contributed by atoms with Crippen LogP contribution in [-0.2, 0) is 9.53 Å². The molecular weight excluding hydrogens is 255 g/mol. The number of hydrogen-bond donors (Lipinski definition) is 2. The minimum Gasteiger partial charge on any atom is -0.481 e. The van der Waals surface area contributed by atoms with Crippen molar-refractivity contribution in [2.24, 2.45) is 0 Å². The molecule has 16 heavy (non-hydrogen) atoms. The highest BCUT2D eigenvalue weighted by molar-refractivity contribution is 5.85. The van der Waals surface area contributed by atoms with Crippen LogP contribution in [0.15, 0.2) is 0 Å². The van der Waals surface area contributed by atoms with Crippen LogP contribution in [0.3, 0.4) is 0 Å². The summed E-state index contributed by atoms with van der Waals surface area (Å²) in [6.45, 7) is 5.99. The SMILES string of the molecule is Cl.Cl.O=C(O)CCNCCN1CCOCC1. The first kappa shape index (κ1) is 18.3. The van der Waals surface area contributed by atoms with Gasteiger partial charge in [-0.25, -0.2) is 0 Å². The van der Waals surface area contributed by atoms with Crippen molar-refractivity contribution >= 4 is 30.8 Å². The van der Waals surface area contributed by atoms with E-state index in [0.717, 1.165) is 39.4 Å². The topological polar surface area (TPSA) is 61.8 Å². The fraction of sp³-hybridized carbons (Fsp3) is 0.889. The lowest BCUT2D eigenvalue weighted by atomic mass is 10.4. The van der Waals surface area contributed by atoms with Crippen LogP contribution >= 0.6 is 24.8 Å². The van der Waals surface area contributed by atoms with Crippen LogP contribution in [0.4, 0.5) is 0 Å². The van der Waals surface area contributed by atoms with E-state index in [1.54, 1.807) is 0 Å². The Hall–Kier alpha value is -0.0700. The van der Waals surface area contributed by atoms with Crippen LogP contribution < -0.4 is 5.32 Å². The van der Waals surface area contributed by atoms with Crippen LogP contribution in [0.1, 0.15) is 6.42 Å². The highest BCUT2D eigenvalue weighted by Gasteiger charge is 2.08. The average Bonchev–Trinajstić information content (AvgIpc) is 2.18. The van der Waals surface area contributed by atoms with E-state index in [9.17, 15) is 4.79 Å². The highest BCUT2D eigenvalue weighted by Crippen LogP contribution is 1.94. The molecule has 0 atom stereocenters. The Morgan fingerprint density at radius 1 is 1.25 bits per heavy atom. The molecule has 0 radical (unpaired) electrons. The molecule has 0 aliphatic carbocycles. The zero-order chi connectivity index (χ0) is 10.2. The fourth-order valence-electron chi connectivity index (χ4n) is 1.38. The minimum absolute atomic E-state index is 0. The summed E-state index contributed by atoms with van der Waals surface area (Å²) in [7, 11) is 0. The molecule has 0 aromatic carbocycles. The fourth-order valence-corrected chi connectivity index (χ4v) is 1.38. The van der Waals surface area contributed by atoms with E-state index in [2.05, 4.69) is 10.2 Å². The summed E-state index contributed by atoms with van der Waals surface area (Å²) in [6, 6.07) is 0. The molecule has 0 saturated carbocycles. The number of carbonyl (C=O) groups is 1. The molecule has 0 bridgehead atoms. The standard InChI is InChI=1S/C9H18N2O3.2ClH/c12-9(13)1-2-10-3-4-11-5-7-14-8-6-11;;/h10H,1-8H2,(H,12,13);2*1H. The van der Waals surface area contributed by atoms with Gasteiger partial charge in [-0.3, -0.25) is 9.69 Å². The maximum Gasteiger partial charge on any atom is 0.304 e. The van der Waals surface area contributed by atoms with Gasteiger partial charge in [-0.05, 0) is 0 Å². The van der Waals surface area contributed by atoms with Gasteiger partial charge < -0.3 is 15.2 Å². The molecule has 1 saturated heterocycles. The summed E-state index contributed by atoms with van der Waals surface area (Å²) >= 11 is 0. The van der Waals surface area contributed by atoms with Gasteiger partial charge in [0.15, 0.2) is 0 Å². The van der Waals surface area contributed by atoms with Gasteiger partial charge in [-0.2, -0.15) is 0 Å². The van der Waals surface area contributed by atoms with Crippen LogP contribution in [-0.4, -0.2) is 61.9 Å². The van der Waals surface area contributed by atoms with E-state index >= 15 is 0 Å². The second kappa shape index (κ2) is 11.4. The van der Waals surface area contributed by atoms with Gasteiger partial charge in [0.1, 0.15) is 0 Å². The molecule has 1 heterocycles. The first-order chi connectivity index (χ1) is 6.79. The van der Waals surface area contributed by atoms with E-state index in [0.29, 0.717) is 6.54 Å². The molecule has 1 aliphatic heterocycles. The summed E-state index contributed by atoms with van der Waals surface area (Å²) in [6.07, 6.45) is 0.198. The van der Waals surface area contributed by atoms with Crippen molar-refractivity contribution in [2.75, 3.05) is 45.9 Å². The van der Waals surface area contributed by atoms with Crippen molar-refractivity contribution in [2.45, 2.75) is 6.42 Å². The van der Waals surface area contributed by atoms with Gasteiger partial charge in [-0.15, -0.1) is 24.8 Å². The number of rotatable bonds is 6. The van der Waals surface area contributed by atoms with Crippen molar-refractivity contribution in [3.8, 4) is 0 Å². The lowest BCUT2D eigenvalue weighted by molar-refractivity contribution is -0.136. The molecule has 0 aromatic heterocycles. The summed E-state index contributed by atoms with van der Waals surface area (Å²) in [4.78, 5) is 12.5. The molecule has 0 unspecified atom stereocenters. The number of nitrogens with zero attached hydrogens (tertiary/aromatic N) is 1. The number of ether oxygens (including phenoxy) is 1. The summed E-state index contributed by atoms with van der Waals surface area (Å²) in [5.74, 6) is -0.746. The van der Waals surface area contributed by atoms with Gasteiger partial charge in [0.2, 0.25) is 0 Å². The van der Waals surface area contributed by atoms with Gasteiger partial charge in [0, 0.05) is 32.7 Å². The van der Waals surface area contributed by atoms with Crippen molar-refractivity contribution in [1.82, 2.24) is 10.2 Å². The van der Waals surface area contributed by atoms with Crippen molar-refractivity contribution in [3.63, 3.8) is 0 Å². The van der Waals surface area contributed by atoms with Crippen molar-refractivity contribution in [3.05, 3.63) is 0 Å². The molecule has 1 rings (SSSR count). The van der Waals surface area contributed by atoms with E-state index in [-0.39, 0.29) is 31.2 Å². The van der Waals surface area contributed by atoms with Gasteiger partial charge in [0.25, 0.3) is 0 Å². The Morgan fingerprint density at radius 3 is 2.44 bits per heavy atom. The molecule has 7 heteroatoms. The van der Waals surface area contributed by atoms with Gasteiger partial charge in [0.05, 0.1) is 19.6 Å². The molecular formula is C9H20Cl2N2O3. The zero-order valence-electron chi connectivity index (χ0n) is 9.18. The molecule has 1 fully saturated rings. The van der Waals surface area contributed by atoms with Gasteiger partial charge in [-0.1, -0.05) is 0 Å². The van der Waals surface area contributed by atoms with Crippen molar-refractivity contribution < 1.29 is 14.6 Å². The molecule has 2 N–H and O–H groups in total. The highest BCUT2D eigenvalue weighted by atomic mass is 35.5. The minimum atomic E-state index is -0.746. The lowest BCUT2D eigenvalue weighted by Gasteiger charge is -2.26. The Balaban J connectivity index is 0. The Kier molecular flexibility index (Phi) is 13.1. The number of hydrogen-bond acceptors (Lipinski definition) is 4. The van der Waals surface area contributed by atoms with Crippen molar-refractivity contribution in [1.29, 1.82) is 0 Å². The Labute approximate surface area is 108 Å². The third kappa shape index (κ3) is 9.18. The first-order valence-electron chi connectivity index (χ1n) is 5.01. The number of halogens is 2. The predicted octanol–water partition coefficient (Wildman–Crippen LogP) is 0.226. The monoisotopic (exact) mass is 274 g/mol. The predicted molar refractivity (Wildman–Crippen MR) is 66.9 cm³/mol. The largest absolute Gasteiger partial charge is 0.481 e. The summed E-state index contributed by atoms with van der Waals surface area (Å²) < 4.78 is 5.22. The Morgan fingerprint density at radius 2 is 1.88 bits per heavy atom. The molecule has 5 nitrogen and oxygen atoms in total. The molecule has 98 valence electrons. The quantitative estimate of drug-likeness (QED) is 0.679. The Bertz CT molecular complexity index is 178. The second-order valence-corrected chi connectivity index (χ2v) is 3.35. The van der Waals surface area contributed by atoms with E-state index in [1.807, 2.05) is 0 Å². The van der Waals surface area contributed by atoms with Crippen LogP contribution in [0, 0.1) is 0 Å². The van der Waals surface area contributed by atoms with E-state index in [1.165, 1.54) is 0 Å². The van der Waals surface area contributed by atoms with Crippen LogP contribution in [0.25, 0.3) is 0 Å². The van der Waals surface area contributed by atoms with Gasteiger partial charge >= 0.3 is 5.97 Å². The maximum atomic E-state index is 10.2. The van der Waals surface area contributed by atoms with Crippen LogP contribution in [0.5, 0.6) is 0 Å². The molecule has 0 spiro atoms. The first-order valence-corrected chi connectivity index (χ1v) is 5.01. The second-order valence-electron chi connectivity index (χ2n) is 3.35. The van der Waals surface area contributed by atoms with Crippen LogP contribution in [0.2, 0.25) is 0 Å². The molecule has 0 amide bonds. The van der Waals surface area contributed by atoms with E-state index < -0.39 is 5.97 Å². The third-order valence-corrected chi connectivity index (χ3v) is 2.22. The summed E-state index contributed by atoms with van der Waals surface area (Å²) in [5, 5.41) is 11.5. The molecule has 0 aromatic rings. The number of aliphatic carboxylic acids is 1. The lowest BCUT2D eigenvalue weighted by Crippen LogP contribution is -2.40. The smallest absolute Gasteiger partial charge is 0.304 e. The average molecular weight is 275 g/mol. The normalized spacial score (nSPS) is 16.0. The zero-order valence-corrected chi connectivity index (χ0v) is 10.8. The van der Waals surface area contributed by atoms with E-state index in [4.69, 9.17) is 9.84 Å². The number of morpholine rings is 1. The maximum absolute atomic E-state index is 10.2. The number of carboxylic acids is 1. The molecule has 1 aliphatic rings. The third-order valence-electron chi connectivity index (χ3n) is 2.22. The number of nitrogens with one attached hydrogen (secondary N) is 1. The number of carboxylic acid groups (broad SMARTS) is 1.